The highest BCUT2D eigenvalue weighted by Gasteiger charge is 2.29. The summed E-state index contributed by atoms with van der Waals surface area (Å²) in [6.07, 6.45) is -4.65. The van der Waals surface area contributed by atoms with Crippen LogP contribution in [0.15, 0.2) is 0 Å². The summed E-state index contributed by atoms with van der Waals surface area (Å²) in [4.78, 5) is 0. The lowest BCUT2D eigenvalue weighted by Crippen LogP contribution is -2.39. The van der Waals surface area contributed by atoms with Crippen LogP contribution < -0.4 is 5.73 Å². The Bertz CT molecular complexity index is 200. The highest BCUT2D eigenvalue weighted by molar-refractivity contribution is 7.85. The Morgan fingerprint density at radius 3 is 2.21 bits per heavy atom. The number of rotatable bonds is 5. The monoisotopic (exact) mass is 233 g/mol. The second kappa shape index (κ2) is 5.09. The lowest BCUT2D eigenvalue weighted by molar-refractivity contribution is -0.322. The SMILES string of the molecule is CC(C)(N)CS(=O)CCOC(F)(F)F. The second-order valence-corrected chi connectivity index (χ2v) is 5.15. The van der Waals surface area contributed by atoms with Gasteiger partial charge < -0.3 is 5.73 Å². The highest BCUT2D eigenvalue weighted by Crippen LogP contribution is 2.15. The molecule has 0 saturated carbocycles. The molecule has 0 aliphatic rings. The average Bonchev–Trinajstić information content (AvgIpc) is 1.78. The summed E-state index contributed by atoms with van der Waals surface area (Å²) in [5.74, 6) is 0.00829. The van der Waals surface area contributed by atoms with E-state index < -0.39 is 29.3 Å². The summed E-state index contributed by atoms with van der Waals surface area (Å²) in [5, 5.41) is 0. The third kappa shape index (κ3) is 9.94. The Morgan fingerprint density at radius 2 is 1.86 bits per heavy atom. The van der Waals surface area contributed by atoms with Crippen molar-refractivity contribution in [3.63, 3.8) is 0 Å². The minimum absolute atomic E-state index is 0.153. The molecule has 0 aromatic heterocycles. The molecule has 0 fully saturated rings. The first-order chi connectivity index (χ1) is 6.10. The van der Waals surface area contributed by atoms with Gasteiger partial charge in [0.15, 0.2) is 0 Å². The van der Waals surface area contributed by atoms with Gasteiger partial charge in [0.05, 0.1) is 6.61 Å². The smallest absolute Gasteiger partial charge is 0.325 e. The van der Waals surface area contributed by atoms with Crippen molar-refractivity contribution in [1.29, 1.82) is 0 Å². The van der Waals surface area contributed by atoms with E-state index in [0.29, 0.717) is 0 Å². The van der Waals surface area contributed by atoms with Gasteiger partial charge in [-0.25, -0.2) is 0 Å². The molecule has 0 amide bonds. The van der Waals surface area contributed by atoms with Crippen molar-refractivity contribution >= 4 is 10.8 Å². The van der Waals surface area contributed by atoms with Crippen LogP contribution in [0.4, 0.5) is 13.2 Å². The van der Waals surface area contributed by atoms with Crippen molar-refractivity contribution in [3.8, 4) is 0 Å². The summed E-state index contributed by atoms with van der Waals surface area (Å²) >= 11 is 0. The van der Waals surface area contributed by atoms with Crippen molar-refractivity contribution in [2.24, 2.45) is 5.73 Å². The lowest BCUT2D eigenvalue weighted by Gasteiger charge is -2.17. The van der Waals surface area contributed by atoms with Crippen LogP contribution in [0, 0.1) is 0 Å². The number of hydrogen-bond acceptors (Lipinski definition) is 3. The van der Waals surface area contributed by atoms with Crippen molar-refractivity contribution in [2.75, 3.05) is 18.1 Å². The Hall–Kier alpha value is -0.140. The molecule has 0 aromatic rings. The van der Waals surface area contributed by atoms with E-state index in [9.17, 15) is 17.4 Å². The number of halogens is 3. The van der Waals surface area contributed by atoms with E-state index in [2.05, 4.69) is 4.74 Å². The standard InChI is InChI=1S/C7H14F3NO2S/c1-6(2,11)5-14(12)4-3-13-7(8,9)10/h3-5,11H2,1-2H3. The molecule has 0 radical (unpaired) electrons. The van der Waals surface area contributed by atoms with Gasteiger partial charge in [-0.15, -0.1) is 13.2 Å². The highest BCUT2D eigenvalue weighted by atomic mass is 32.2. The molecule has 0 aromatic carbocycles. The van der Waals surface area contributed by atoms with Gasteiger partial charge in [-0.1, -0.05) is 0 Å². The average molecular weight is 233 g/mol. The third-order valence-electron chi connectivity index (χ3n) is 1.11. The first kappa shape index (κ1) is 13.9. The topological polar surface area (TPSA) is 52.3 Å². The summed E-state index contributed by atoms with van der Waals surface area (Å²) in [6, 6.07) is 0. The number of alkyl halides is 3. The zero-order valence-electron chi connectivity index (χ0n) is 8.06. The van der Waals surface area contributed by atoms with Crippen molar-refractivity contribution in [2.45, 2.75) is 25.7 Å². The van der Waals surface area contributed by atoms with E-state index in [1.807, 2.05) is 0 Å². The van der Waals surface area contributed by atoms with Gasteiger partial charge in [0.2, 0.25) is 0 Å². The molecule has 0 aliphatic carbocycles. The molecule has 86 valence electrons. The molecule has 0 rings (SSSR count). The number of hydrogen-bond donors (Lipinski definition) is 1. The Balaban J connectivity index is 3.66. The Morgan fingerprint density at radius 1 is 1.36 bits per heavy atom. The van der Waals surface area contributed by atoms with Crippen LogP contribution in [0.3, 0.4) is 0 Å². The third-order valence-corrected chi connectivity index (χ3v) is 2.80. The normalized spacial score (nSPS) is 15.6. The summed E-state index contributed by atoms with van der Waals surface area (Å²) in [5.41, 5.74) is 4.90. The molecule has 0 heterocycles. The van der Waals surface area contributed by atoms with E-state index in [1.54, 1.807) is 13.8 Å². The Kier molecular flexibility index (Phi) is 5.03. The van der Waals surface area contributed by atoms with Gasteiger partial charge in [-0.05, 0) is 13.8 Å². The van der Waals surface area contributed by atoms with Gasteiger partial charge in [-0.3, -0.25) is 8.95 Å². The van der Waals surface area contributed by atoms with Gasteiger partial charge in [-0.2, -0.15) is 0 Å². The second-order valence-electron chi connectivity index (χ2n) is 3.57. The maximum absolute atomic E-state index is 11.5. The zero-order chi connectivity index (χ0) is 11.4. The van der Waals surface area contributed by atoms with Crippen molar-refractivity contribution < 1.29 is 22.1 Å². The molecular weight excluding hydrogens is 219 g/mol. The van der Waals surface area contributed by atoms with Crippen LogP contribution in [-0.4, -0.2) is 34.2 Å². The molecule has 1 unspecified atom stereocenters. The largest absolute Gasteiger partial charge is 0.522 e. The van der Waals surface area contributed by atoms with E-state index in [0.717, 1.165) is 0 Å². The Labute approximate surface area is 83.3 Å². The zero-order valence-corrected chi connectivity index (χ0v) is 8.87. The molecule has 3 nitrogen and oxygen atoms in total. The van der Waals surface area contributed by atoms with E-state index in [4.69, 9.17) is 5.73 Å². The molecule has 7 heteroatoms. The fourth-order valence-electron chi connectivity index (χ4n) is 0.737. The van der Waals surface area contributed by atoms with Gasteiger partial charge >= 0.3 is 6.36 Å². The van der Waals surface area contributed by atoms with Crippen LogP contribution in [0.25, 0.3) is 0 Å². The van der Waals surface area contributed by atoms with Crippen LogP contribution in [0.5, 0.6) is 0 Å². The van der Waals surface area contributed by atoms with Crippen LogP contribution in [-0.2, 0) is 15.5 Å². The molecular formula is C7H14F3NO2S. The quantitative estimate of drug-likeness (QED) is 0.771. The van der Waals surface area contributed by atoms with E-state index in [1.165, 1.54) is 0 Å². The van der Waals surface area contributed by atoms with Crippen LogP contribution in [0.1, 0.15) is 13.8 Å². The number of nitrogens with two attached hydrogens (primary N) is 1. The summed E-state index contributed by atoms with van der Waals surface area (Å²) in [6.45, 7) is 2.73. The minimum Gasteiger partial charge on any atom is -0.325 e. The van der Waals surface area contributed by atoms with Gasteiger partial charge in [0.25, 0.3) is 0 Å². The summed E-state index contributed by atoms with van der Waals surface area (Å²) in [7, 11) is -1.37. The lowest BCUT2D eigenvalue weighted by atomic mass is 10.1. The summed E-state index contributed by atoms with van der Waals surface area (Å²) < 4.78 is 49.1. The van der Waals surface area contributed by atoms with Crippen LogP contribution in [0.2, 0.25) is 0 Å². The molecule has 0 bridgehead atoms. The predicted octanol–water partition coefficient (Wildman–Crippen LogP) is 1.01. The maximum atomic E-state index is 11.5. The first-order valence-corrected chi connectivity index (χ1v) is 5.43. The van der Waals surface area contributed by atoms with E-state index in [-0.39, 0.29) is 11.5 Å². The fraction of sp³-hybridized carbons (Fsp3) is 1.00. The molecule has 0 aliphatic heterocycles. The van der Waals surface area contributed by atoms with Gasteiger partial charge in [0.1, 0.15) is 0 Å². The van der Waals surface area contributed by atoms with E-state index >= 15 is 0 Å². The maximum Gasteiger partial charge on any atom is 0.522 e. The number of ether oxygens (including phenoxy) is 1. The molecule has 0 saturated heterocycles. The fourth-order valence-corrected chi connectivity index (χ4v) is 1.98. The van der Waals surface area contributed by atoms with Crippen molar-refractivity contribution in [3.05, 3.63) is 0 Å². The molecule has 1 atom stereocenters. The first-order valence-electron chi connectivity index (χ1n) is 3.95. The molecule has 2 N–H and O–H groups in total. The molecule has 0 spiro atoms. The predicted molar refractivity (Wildman–Crippen MR) is 48.1 cm³/mol. The van der Waals surface area contributed by atoms with Crippen molar-refractivity contribution in [1.82, 2.24) is 0 Å². The minimum atomic E-state index is -4.65. The molecule has 14 heavy (non-hydrogen) atoms. The van der Waals surface area contributed by atoms with Crippen LogP contribution >= 0.6 is 0 Å². The van der Waals surface area contributed by atoms with Gasteiger partial charge in [0, 0.05) is 27.8 Å².